The molecule has 0 aliphatic carbocycles. The normalized spacial score (nSPS) is 10.3. The summed E-state index contributed by atoms with van der Waals surface area (Å²) in [6, 6.07) is 2.60. The largest absolute Gasteiger partial charge is 0.380 e. The third-order valence-electron chi connectivity index (χ3n) is 1.87. The third-order valence-corrected chi connectivity index (χ3v) is 1.87. The fraction of sp³-hybridized carbons (Fsp3) is 0.400. The minimum atomic E-state index is -0.556. The summed E-state index contributed by atoms with van der Waals surface area (Å²) >= 11 is 0. The Labute approximate surface area is 82.1 Å². The zero-order valence-corrected chi connectivity index (χ0v) is 8.11. The van der Waals surface area contributed by atoms with Gasteiger partial charge >= 0.3 is 0 Å². The van der Waals surface area contributed by atoms with Gasteiger partial charge in [-0.3, -0.25) is 0 Å². The van der Waals surface area contributed by atoms with Gasteiger partial charge in [0.2, 0.25) is 0 Å². The molecule has 0 fully saturated rings. The monoisotopic (exact) mass is 200 g/mol. The number of hydrogen-bond acceptors (Lipinski definition) is 2. The molecule has 4 heteroatoms. The van der Waals surface area contributed by atoms with E-state index in [1.54, 1.807) is 6.92 Å². The molecular weight excluding hydrogens is 186 g/mol. The number of aryl methyl sites for hydroxylation is 1. The molecule has 0 aliphatic heterocycles. The summed E-state index contributed by atoms with van der Waals surface area (Å²) in [5.41, 5.74) is 5.77. The Balaban J connectivity index is 2.75. The van der Waals surface area contributed by atoms with E-state index in [9.17, 15) is 8.78 Å². The van der Waals surface area contributed by atoms with Gasteiger partial charge in [-0.25, -0.2) is 8.78 Å². The topological polar surface area (TPSA) is 38.0 Å². The molecule has 0 bridgehead atoms. The number of halogens is 2. The van der Waals surface area contributed by atoms with Crippen LogP contribution < -0.4 is 11.1 Å². The summed E-state index contributed by atoms with van der Waals surface area (Å²) in [6.07, 6.45) is 0.687. The van der Waals surface area contributed by atoms with Gasteiger partial charge in [0.1, 0.15) is 17.3 Å². The van der Waals surface area contributed by atoms with Crippen LogP contribution in [0.2, 0.25) is 0 Å². The van der Waals surface area contributed by atoms with Crippen LogP contribution in [-0.2, 0) is 0 Å². The molecule has 0 atom stereocenters. The number of benzene rings is 1. The van der Waals surface area contributed by atoms with Crippen LogP contribution in [0.25, 0.3) is 0 Å². The zero-order valence-electron chi connectivity index (χ0n) is 8.11. The highest BCUT2D eigenvalue weighted by molar-refractivity contribution is 5.47. The third kappa shape index (κ3) is 2.67. The number of hydrogen-bond donors (Lipinski definition) is 2. The lowest BCUT2D eigenvalue weighted by Crippen LogP contribution is -2.10. The van der Waals surface area contributed by atoms with Gasteiger partial charge in [0.15, 0.2) is 0 Å². The van der Waals surface area contributed by atoms with Crippen molar-refractivity contribution in [1.82, 2.24) is 0 Å². The van der Waals surface area contributed by atoms with Gasteiger partial charge in [-0.2, -0.15) is 0 Å². The lowest BCUT2D eigenvalue weighted by Gasteiger charge is -2.08. The van der Waals surface area contributed by atoms with Gasteiger partial charge in [0, 0.05) is 6.54 Å². The van der Waals surface area contributed by atoms with Crippen molar-refractivity contribution in [2.75, 3.05) is 18.4 Å². The van der Waals surface area contributed by atoms with Crippen molar-refractivity contribution in [2.45, 2.75) is 13.3 Å². The fourth-order valence-corrected chi connectivity index (χ4v) is 1.18. The van der Waals surface area contributed by atoms with Crippen LogP contribution in [-0.4, -0.2) is 13.1 Å². The molecule has 0 saturated carbocycles. The predicted molar refractivity (Wildman–Crippen MR) is 53.3 cm³/mol. The molecule has 0 spiro atoms. The second-order valence-electron chi connectivity index (χ2n) is 3.17. The average molecular weight is 200 g/mol. The van der Waals surface area contributed by atoms with E-state index in [0.29, 0.717) is 25.1 Å². The summed E-state index contributed by atoms with van der Waals surface area (Å²) in [6.45, 7) is 2.63. The van der Waals surface area contributed by atoms with E-state index >= 15 is 0 Å². The molecule has 1 aromatic rings. The van der Waals surface area contributed by atoms with Crippen LogP contribution in [0.1, 0.15) is 12.0 Å². The maximum absolute atomic E-state index is 13.2. The first-order valence-electron chi connectivity index (χ1n) is 4.54. The highest BCUT2D eigenvalue weighted by atomic mass is 19.1. The first kappa shape index (κ1) is 10.9. The highest BCUT2D eigenvalue weighted by Crippen LogP contribution is 2.20. The van der Waals surface area contributed by atoms with Gasteiger partial charge < -0.3 is 11.1 Å². The van der Waals surface area contributed by atoms with Gasteiger partial charge in [-0.05, 0) is 37.6 Å². The Bertz CT molecular complexity index is 290. The summed E-state index contributed by atoms with van der Waals surface area (Å²) in [4.78, 5) is 0. The van der Waals surface area contributed by atoms with Crippen molar-refractivity contribution < 1.29 is 8.78 Å². The Morgan fingerprint density at radius 3 is 2.36 bits per heavy atom. The van der Waals surface area contributed by atoms with Crippen LogP contribution in [0.4, 0.5) is 14.5 Å². The summed E-state index contributed by atoms with van der Waals surface area (Å²) < 4.78 is 26.4. The molecule has 0 unspecified atom stereocenters. The summed E-state index contributed by atoms with van der Waals surface area (Å²) in [5, 5.41) is 2.68. The van der Waals surface area contributed by atoms with E-state index in [4.69, 9.17) is 5.73 Å². The maximum atomic E-state index is 13.2. The SMILES string of the molecule is Cc1cc(F)c(NCCCN)c(F)c1. The minimum absolute atomic E-state index is 0.0657. The number of anilines is 1. The molecular formula is C10H14F2N2. The van der Waals surface area contributed by atoms with Gasteiger partial charge in [-0.15, -0.1) is 0 Å². The van der Waals surface area contributed by atoms with E-state index in [-0.39, 0.29) is 5.69 Å². The van der Waals surface area contributed by atoms with Crippen molar-refractivity contribution in [1.29, 1.82) is 0 Å². The maximum Gasteiger partial charge on any atom is 0.149 e. The average Bonchev–Trinajstić information content (AvgIpc) is 2.09. The fourth-order valence-electron chi connectivity index (χ4n) is 1.18. The molecule has 2 nitrogen and oxygen atoms in total. The number of rotatable bonds is 4. The zero-order chi connectivity index (χ0) is 10.6. The number of nitrogens with one attached hydrogen (secondary N) is 1. The van der Waals surface area contributed by atoms with Crippen molar-refractivity contribution in [3.63, 3.8) is 0 Å². The Kier molecular flexibility index (Phi) is 3.83. The quantitative estimate of drug-likeness (QED) is 0.730. The van der Waals surface area contributed by atoms with Crippen molar-refractivity contribution in [2.24, 2.45) is 5.73 Å². The van der Waals surface area contributed by atoms with E-state index < -0.39 is 11.6 Å². The molecule has 0 aliphatic rings. The van der Waals surface area contributed by atoms with E-state index in [2.05, 4.69) is 5.32 Å². The Hall–Kier alpha value is -1.16. The van der Waals surface area contributed by atoms with Crippen LogP contribution in [0.15, 0.2) is 12.1 Å². The van der Waals surface area contributed by atoms with Crippen LogP contribution in [0.5, 0.6) is 0 Å². The standard InChI is InChI=1S/C10H14F2N2/c1-7-5-8(11)10(9(12)6-7)14-4-2-3-13/h5-6,14H,2-4,13H2,1H3. The van der Waals surface area contributed by atoms with E-state index in [1.165, 1.54) is 12.1 Å². The summed E-state index contributed by atoms with van der Waals surface area (Å²) in [5.74, 6) is -1.11. The second kappa shape index (κ2) is 4.91. The van der Waals surface area contributed by atoms with Crippen molar-refractivity contribution in [3.8, 4) is 0 Å². The molecule has 14 heavy (non-hydrogen) atoms. The molecule has 0 radical (unpaired) electrons. The predicted octanol–water partition coefficient (Wildman–Crippen LogP) is 2.03. The first-order valence-corrected chi connectivity index (χ1v) is 4.54. The lowest BCUT2D eigenvalue weighted by atomic mass is 10.2. The number of nitrogens with two attached hydrogens (primary N) is 1. The van der Waals surface area contributed by atoms with Gasteiger partial charge in [0.05, 0.1) is 0 Å². The summed E-state index contributed by atoms with van der Waals surface area (Å²) in [7, 11) is 0. The first-order chi connectivity index (χ1) is 6.65. The molecule has 1 aromatic carbocycles. The molecule has 1 rings (SSSR count). The molecule has 0 heterocycles. The molecule has 0 saturated heterocycles. The molecule has 78 valence electrons. The molecule has 3 N–H and O–H groups in total. The van der Waals surface area contributed by atoms with Crippen LogP contribution >= 0.6 is 0 Å². The van der Waals surface area contributed by atoms with Gasteiger partial charge in [0.25, 0.3) is 0 Å². The molecule has 0 amide bonds. The van der Waals surface area contributed by atoms with E-state index in [1.807, 2.05) is 0 Å². The van der Waals surface area contributed by atoms with E-state index in [0.717, 1.165) is 0 Å². The second-order valence-corrected chi connectivity index (χ2v) is 3.17. The van der Waals surface area contributed by atoms with Crippen molar-refractivity contribution in [3.05, 3.63) is 29.3 Å². The van der Waals surface area contributed by atoms with Crippen LogP contribution in [0, 0.1) is 18.6 Å². The van der Waals surface area contributed by atoms with Gasteiger partial charge in [-0.1, -0.05) is 0 Å². The highest BCUT2D eigenvalue weighted by Gasteiger charge is 2.08. The Morgan fingerprint density at radius 2 is 1.86 bits per heavy atom. The molecule has 0 aromatic heterocycles. The Morgan fingerprint density at radius 1 is 1.29 bits per heavy atom. The smallest absolute Gasteiger partial charge is 0.149 e. The van der Waals surface area contributed by atoms with Crippen LogP contribution in [0.3, 0.4) is 0 Å². The minimum Gasteiger partial charge on any atom is -0.380 e. The lowest BCUT2D eigenvalue weighted by molar-refractivity contribution is 0.585. The van der Waals surface area contributed by atoms with Crippen molar-refractivity contribution >= 4 is 5.69 Å².